The van der Waals surface area contributed by atoms with Gasteiger partial charge in [-0.05, 0) is 69.7 Å². The number of hydrogen-bond acceptors (Lipinski definition) is 4. The van der Waals surface area contributed by atoms with Gasteiger partial charge in [-0.15, -0.1) is 5.10 Å². The summed E-state index contributed by atoms with van der Waals surface area (Å²) in [4.78, 5) is 25.0. The van der Waals surface area contributed by atoms with Crippen molar-refractivity contribution in [2.24, 2.45) is 0 Å². The third-order valence-corrected chi connectivity index (χ3v) is 5.11. The monoisotopic (exact) mass is 496 g/mol. The molecule has 0 saturated carbocycles. The van der Waals surface area contributed by atoms with Crippen LogP contribution in [-0.2, 0) is 11.3 Å². The smallest absolute Gasteiger partial charge is 0.407 e. The minimum absolute atomic E-state index is 0.285. The molecule has 3 rings (SSSR count). The SMILES string of the molecule is CC(C)(C)OC(=O)NCCCn1nc(-c2ccc(Cl)cc2Cl)n(-c2ccc(Cl)cc2)c1=O. The number of nitrogens with zero attached hydrogens (tertiary/aromatic N) is 3. The molecule has 3 aromatic rings. The van der Waals surface area contributed by atoms with Crippen LogP contribution < -0.4 is 11.0 Å². The Morgan fingerprint density at radius 1 is 1.06 bits per heavy atom. The number of nitrogens with one attached hydrogen (secondary N) is 1. The summed E-state index contributed by atoms with van der Waals surface area (Å²) in [6.45, 7) is 5.98. The lowest BCUT2D eigenvalue weighted by Crippen LogP contribution is -2.33. The topological polar surface area (TPSA) is 78.2 Å². The van der Waals surface area contributed by atoms with Crippen LogP contribution in [0.3, 0.4) is 0 Å². The Kier molecular flexibility index (Phi) is 7.54. The molecule has 0 aliphatic rings. The van der Waals surface area contributed by atoms with Gasteiger partial charge < -0.3 is 10.1 Å². The third kappa shape index (κ3) is 6.06. The predicted octanol–water partition coefficient (Wildman–Crippen LogP) is 5.58. The fourth-order valence-electron chi connectivity index (χ4n) is 2.95. The molecule has 32 heavy (non-hydrogen) atoms. The van der Waals surface area contributed by atoms with Gasteiger partial charge >= 0.3 is 11.8 Å². The average molecular weight is 498 g/mol. The molecule has 0 aliphatic heterocycles. The quantitative estimate of drug-likeness (QED) is 0.451. The summed E-state index contributed by atoms with van der Waals surface area (Å²) >= 11 is 18.4. The summed E-state index contributed by atoms with van der Waals surface area (Å²) in [5, 5.41) is 8.58. The van der Waals surface area contributed by atoms with Crippen LogP contribution in [0, 0.1) is 0 Å². The van der Waals surface area contributed by atoms with Gasteiger partial charge in [0, 0.05) is 28.7 Å². The zero-order valence-corrected chi connectivity index (χ0v) is 20.1. The zero-order chi connectivity index (χ0) is 23.5. The number of hydrogen-bond donors (Lipinski definition) is 1. The van der Waals surface area contributed by atoms with Gasteiger partial charge in [0.2, 0.25) is 0 Å². The molecule has 0 fully saturated rings. The Labute approximate surface area is 200 Å². The lowest BCUT2D eigenvalue weighted by molar-refractivity contribution is 0.0526. The Morgan fingerprint density at radius 2 is 1.72 bits per heavy atom. The number of alkyl carbamates (subject to hydrolysis) is 1. The molecule has 0 atom stereocenters. The molecule has 1 heterocycles. The summed E-state index contributed by atoms with van der Waals surface area (Å²) in [5.41, 5.74) is 0.239. The van der Waals surface area contributed by atoms with Gasteiger partial charge in [-0.3, -0.25) is 0 Å². The van der Waals surface area contributed by atoms with Crippen LogP contribution in [0.1, 0.15) is 27.2 Å². The standard InChI is InChI=1S/C22H23Cl3N4O3/c1-22(2,3)32-20(30)26-11-4-12-28-21(31)29(16-8-5-14(23)6-9-16)19(27-28)17-10-7-15(24)13-18(17)25/h5-10,13H,4,11-12H2,1-3H3,(H,26,30). The van der Waals surface area contributed by atoms with Crippen molar-refractivity contribution in [2.45, 2.75) is 39.3 Å². The second kappa shape index (κ2) is 9.98. The average Bonchev–Trinajstić information content (AvgIpc) is 3.01. The van der Waals surface area contributed by atoms with Crippen LogP contribution in [0.15, 0.2) is 47.3 Å². The molecular weight excluding hydrogens is 475 g/mol. The molecule has 0 unspecified atom stereocenters. The maximum atomic E-state index is 13.2. The number of amides is 1. The lowest BCUT2D eigenvalue weighted by atomic mass is 10.2. The first-order chi connectivity index (χ1) is 15.0. The second-order valence-corrected chi connectivity index (χ2v) is 9.33. The number of carbonyl (C=O) groups is 1. The molecule has 1 aromatic heterocycles. The van der Waals surface area contributed by atoms with Crippen molar-refractivity contribution in [1.29, 1.82) is 0 Å². The predicted molar refractivity (Wildman–Crippen MR) is 127 cm³/mol. The molecule has 0 saturated heterocycles. The highest BCUT2D eigenvalue weighted by Crippen LogP contribution is 2.30. The Bertz CT molecular complexity index is 1160. The zero-order valence-electron chi connectivity index (χ0n) is 17.9. The summed E-state index contributed by atoms with van der Waals surface area (Å²) in [7, 11) is 0. The van der Waals surface area contributed by atoms with Crippen molar-refractivity contribution >= 4 is 40.9 Å². The van der Waals surface area contributed by atoms with Gasteiger partial charge in [-0.1, -0.05) is 34.8 Å². The van der Waals surface area contributed by atoms with Crippen molar-refractivity contribution in [3.63, 3.8) is 0 Å². The fraction of sp³-hybridized carbons (Fsp3) is 0.318. The summed E-state index contributed by atoms with van der Waals surface area (Å²) < 4.78 is 8.01. The van der Waals surface area contributed by atoms with Crippen LogP contribution in [0.4, 0.5) is 4.79 Å². The van der Waals surface area contributed by atoms with Crippen LogP contribution >= 0.6 is 34.8 Å². The number of benzene rings is 2. The summed E-state index contributed by atoms with van der Waals surface area (Å²) in [5.74, 6) is 0.374. The molecule has 7 nitrogen and oxygen atoms in total. The van der Waals surface area contributed by atoms with Gasteiger partial charge in [-0.2, -0.15) is 0 Å². The maximum absolute atomic E-state index is 13.2. The van der Waals surface area contributed by atoms with E-state index in [1.807, 2.05) is 0 Å². The Morgan fingerprint density at radius 3 is 2.34 bits per heavy atom. The van der Waals surface area contributed by atoms with Gasteiger partial charge in [0.15, 0.2) is 5.82 Å². The first-order valence-corrected chi connectivity index (χ1v) is 11.1. The molecule has 0 aliphatic carbocycles. The van der Waals surface area contributed by atoms with E-state index >= 15 is 0 Å². The molecule has 0 radical (unpaired) electrons. The van der Waals surface area contributed by atoms with E-state index in [1.54, 1.807) is 63.2 Å². The number of halogens is 3. The van der Waals surface area contributed by atoms with E-state index in [9.17, 15) is 9.59 Å². The van der Waals surface area contributed by atoms with Crippen LogP contribution in [0.25, 0.3) is 17.1 Å². The number of aromatic nitrogens is 3. The van der Waals surface area contributed by atoms with Gasteiger partial charge in [0.25, 0.3) is 0 Å². The third-order valence-electron chi connectivity index (χ3n) is 4.31. The van der Waals surface area contributed by atoms with Gasteiger partial charge in [0.1, 0.15) is 5.60 Å². The highest BCUT2D eigenvalue weighted by atomic mass is 35.5. The highest BCUT2D eigenvalue weighted by molar-refractivity contribution is 6.36. The minimum atomic E-state index is -0.578. The Hall–Kier alpha value is -2.48. The van der Waals surface area contributed by atoms with Crippen molar-refractivity contribution in [3.05, 3.63) is 68.0 Å². The molecule has 1 amide bonds. The minimum Gasteiger partial charge on any atom is -0.444 e. The van der Waals surface area contributed by atoms with E-state index in [2.05, 4.69) is 10.4 Å². The number of aryl methyl sites for hydroxylation is 1. The fourth-order valence-corrected chi connectivity index (χ4v) is 3.57. The lowest BCUT2D eigenvalue weighted by Gasteiger charge is -2.19. The molecular formula is C22H23Cl3N4O3. The van der Waals surface area contributed by atoms with E-state index in [4.69, 9.17) is 39.5 Å². The molecule has 2 aromatic carbocycles. The highest BCUT2D eigenvalue weighted by Gasteiger charge is 2.19. The van der Waals surface area contributed by atoms with E-state index < -0.39 is 11.7 Å². The second-order valence-electron chi connectivity index (χ2n) is 8.05. The maximum Gasteiger partial charge on any atom is 0.407 e. The normalized spacial score (nSPS) is 11.4. The largest absolute Gasteiger partial charge is 0.444 e. The number of carbonyl (C=O) groups excluding carboxylic acids is 1. The number of ether oxygens (including phenoxy) is 1. The van der Waals surface area contributed by atoms with Crippen molar-refractivity contribution in [1.82, 2.24) is 19.7 Å². The van der Waals surface area contributed by atoms with Crippen molar-refractivity contribution in [3.8, 4) is 17.1 Å². The first-order valence-electron chi connectivity index (χ1n) is 9.93. The first kappa shape index (κ1) is 24.2. The van der Waals surface area contributed by atoms with Crippen LogP contribution in [0.5, 0.6) is 0 Å². The van der Waals surface area contributed by atoms with E-state index in [-0.39, 0.29) is 12.2 Å². The number of rotatable bonds is 6. The molecule has 10 heteroatoms. The summed E-state index contributed by atoms with van der Waals surface area (Å²) in [6, 6.07) is 11.8. The molecule has 0 spiro atoms. The van der Waals surface area contributed by atoms with E-state index in [1.165, 1.54) is 9.25 Å². The van der Waals surface area contributed by atoms with E-state index in [0.717, 1.165) is 0 Å². The summed E-state index contributed by atoms with van der Waals surface area (Å²) in [6.07, 6.45) is -0.0323. The van der Waals surface area contributed by atoms with Crippen molar-refractivity contribution in [2.75, 3.05) is 6.54 Å². The molecule has 1 N–H and O–H groups in total. The van der Waals surface area contributed by atoms with E-state index in [0.29, 0.717) is 45.1 Å². The molecule has 0 bridgehead atoms. The molecule has 170 valence electrons. The van der Waals surface area contributed by atoms with Gasteiger partial charge in [0.05, 0.1) is 10.7 Å². The van der Waals surface area contributed by atoms with Crippen LogP contribution in [-0.4, -0.2) is 32.6 Å². The Balaban J connectivity index is 1.87. The van der Waals surface area contributed by atoms with Crippen LogP contribution in [0.2, 0.25) is 15.1 Å². The van der Waals surface area contributed by atoms with Crippen molar-refractivity contribution < 1.29 is 9.53 Å². The van der Waals surface area contributed by atoms with Gasteiger partial charge in [-0.25, -0.2) is 18.8 Å².